The highest BCUT2D eigenvalue weighted by Crippen LogP contribution is 2.32. The van der Waals surface area contributed by atoms with Crippen molar-refractivity contribution in [3.8, 4) is 0 Å². The van der Waals surface area contributed by atoms with Crippen LogP contribution in [0, 0.1) is 17.7 Å². The number of hydrogen-bond acceptors (Lipinski definition) is 2. The number of nitrogens with one attached hydrogen (secondary N) is 1. The minimum atomic E-state index is -0.250. The molecule has 0 radical (unpaired) electrons. The number of hydrogen-bond donors (Lipinski definition) is 1. The van der Waals surface area contributed by atoms with Gasteiger partial charge in [0.1, 0.15) is 5.82 Å². The molecule has 1 saturated heterocycles. The van der Waals surface area contributed by atoms with Gasteiger partial charge in [-0.15, -0.1) is 0 Å². The second kappa shape index (κ2) is 7.11. The number of likely N-dealkylation sites (tertiary alicyclic amines) is 1. The Balaban J connectivity index is 1.43. The van der Waals surface area contributed by atoms with Gasteiger partial charge in [0.2, 0.25) is 11.8 Å². The fourth-order valence-corrected chi connectivity index (χ4v) is 3.11. The molecule has 2 amide bonds. The summed E-state index contributed by atoms with van der Waals surface area (Å²) in [6.07, 6.45) is 4.43. The maximum absolute atomic E-state index is 12.8. The number of carbonyl (C=O) groups excluding carboxylic acids is 2. The van der Waals surface area contributed by atoms with Crippen molar-refractivity contribution in [2.75, 3.05) is 19.6 Å². The first kappa shape index (κ1) is 16.0. The second-order valence-electron chi connectivity index (χ2n) is 6.57. The Labute approximate surface area is 136 Å². The van der Waals surface area contributed by atoms with E-state index in [1.807, 2.05) is 4.90 Å². The van der Waals surface area contributed by atoms with E-state index in [4.69, 9.17) is 0 Å². The Morgan fingerprint density at radius 2 is 1.87 bits per heavy atom. The maximum atomic E-state index is 12.8. The maximum Gasteiger partial charge on any atom is 0.225 e. The number of rotatable bonds is 5. The predicted octanol–water partition coefficient (Wildman–Crippen LogP) is 2.13. The number of carbonyl (C=O) groups is 2. The Bertz CT molecular complexity index is 569. The van der Waals surface area contributed by atoms with Crippen molar-refractivity contribution in [2.45, 2.75) is 32.1 Å². The number of piperidine rings is 1. The van der Waals surface area contributed by atoms with Gasteiger partial charge in [0.05, 0.1) is 5.92 Å². The SMILES string of the molecule is O=C(NCCc1ccc(F)cc1)C1CCCN(C(=O)C2CC2)C1. The highest BCUT2D eigenvalue weighted by Gasteiger charge is 2.36. The summed E-state index contributed by atoms with van der Waals surface area (Å²) in [6.45, 7) is 1.88. The number of amides is 2. The third kappa shape index (κ3) is 4.30. The van der Waals surface area contributed by atoms with Crippen molar-refractivity contribution in [2.24, 2.45) is 11.8 Å². The van der Waals surface area contributed by atoms with Crippen molar-refractivity contribution in [3.05, 3.63) is 35.6 Å². The Morgan fingerprint density at radius 3 is 2.57 bits per heavy atom. The van der Waals surface area contributed by atoms with Crippen LogP contribution in [-0.2, 0) is 16.0 Å². The first-order chi connectivity index (χ1) is 11.1. The van der Waals surface area contributed by atoms with Crippen LogP contribution in [-0.4, -0.2) is 36.3 Å². The van der Waals surface area contributed by atoms with Crippen molar-refractivity contribution in [3.63, 3.8) is 0 Å². The van der Waals surface area contributed by atoms with Gasteiger partial charge in [-0.05, 0) is 49.8 Å². The van der Waals surface area contributed by atoms with Crippen LogP contribution in [0.2, 0.25) is 0 Å². The number of benzene rings is 1. The molecule has 1 unspecified atom stereocenters. The van der Waals surface area contributed by atoms with Crippen molar-refractivity contribution in [1.29, 1.82) is 0 Å². The molecular formula is C18H23FN2O2. The average molecular weight is 318 g/mol. The lowest BCUT2D eigenvalue weighted by atomic mass is 9.96. The van der Waals surface area contributed by atoms with Crippen LogP contribution in [0.3, 0.4) is 0 Å². The quantitative estimate of drug-likeness (QED) is 0.904. The first-order valence-corrected chi connectivity index (χ1v) is 8.44. The third-order valence-corrected chi connectivity index (χ3v) is 4.66. The smallest absolute Gasteiger partial charge is 0.225 e. The molecule has 1 atom stereocenters. The standard InChI is InChI=1S/C18H23FN2O2/c19-16-7-3-13(4-8-16)9-10-20-17(22)15-2-1-11-21(12-15)18(23)14-5-6-14/h3-4,7-8,14-15H,1-2,5-6,9-12H2,(H,20,22). The summed E-state index contributed by atoms with van der Waals surface area (Å²) in [4.78, 5) is 26.3. The van der Waals surface area contributed by atoms with E-state index < -0.39 is 0 Å². The van der Waals surface area contributed by atoms with Crippen molar-refractivity contribution < 1.29 is 14.0 Å². The van der Waals surface area contributed by atoms with Gasteiger partial charge in [-0.1, -0.05) is 12.1 Å². The highest BCUT2D eigenvalue weighted by molar-refractivity contribution is 5.83. The van der Waals surface area contributed by atoms with Crippen LogP contribution in [0.25, 0.3) is 0 Å². The molecule has 1 N–H and O–H groups in total. The monoisotopic (exact) mass is 318 g/mol. The summed E-state index contributed by atoms with van der Waals surface area (Å²) in [5, 5.41) is 2.95. The lowest BCUT2D eigenvalue weighted by molar-refractivity contribution is -0.136. The van der Waals surface area contributed by atoms with Gasteiger partial charge < -0.3 is 10.2 Å². The molecule has 0 aromatic heterocycles. The first-order valence-electron chi connectivity index (χ1n) is 8.44. The molecule has 1 saturated carbocycles. The van der Waals surface area contributed by atoms with Crippen LogP contribution >= 0.6 is 0 Å². The number of halogens is 1. The average Bonchev–Trinajstić information content (AvgIpc) is 3.41. The van der Waals surface area contributed by atoms with Gasteiger partial charge in [0.15, 0.2) is 0 Å². The van der Waals surface area contributed by atoms with Gasteiger partial charge in [-0.2, -0.15) is 0 Å². The summed E-state index contributed by atoms with van der Waals surface area (Å²) >= 11 is 0. The molecule has 23 heavy (non-hydrogen) atoms. The highest BCUT2D eigenvalue weighted by atomic mass is 19.1. The van der Waals surface area contributed by atoms with Crippen LogP contribution in [0.15, 0.2) is 24.3 Å². The summed E-state index contributed by atoms with van der Waals surface area (Å²) in [5.74, 6) is 0.129. The molecule has 2 aliphatic rings. The van der Waals surface area contributed by atoms with Gasteiger partial charge in [0, 0.05) is 25.6 Å². The van der Waals surface area contributed by atoms with E-state index >= 15 is 0 Å². The molecule has 124 valence electrons. The lowest BCUT2D eigenvalue weighted by Gasteiger charge is -2.32. The molecule has 1 aliphatic carbocycles. The van der Waals surface area contributed by atoms with Crippen molar-refractivity contribution in [1.82, 2.24) is 10.2 Å². The molecule has 4 nitrogen and oxygen atoms in total. The molecule has 2 fully saturated rings. The molecule has 1 aliphatic heterocycles. The zero-order valence-electron chi connectivity index (χ0n) is 13.3. The van der Waals surface area contributed by atoms with Crippen LogP contribution < -0.4 is 5.32 Å². The van der Waals surface area contributed by atoms with E-state index in [1.165, 1.54) is 12.1 Å². The van der Waals surface area contributed by atoms with E-state index in [9.17, 15) is 14.0 Å². The van der Waals surface area contributed by atoms with Crippen molar-refractivity contribution >= 4 is 11.8 Å². The Morgan fingerprint density at radius 1 is 1.13 bits per heavy atom. The molecular weight excluding hydrogens is 295 g/mol. The lowest BCUT2D eigenvalue weighted by Crippen LogP contribution is -2.46. The predicted molar refractivity (Wildman–Crippen MR) is 85.1 cm³/mol. The van der Waals surface area contributed by atoms with Gasteiger partial charge >= 0.3 is 0 Å². The van der Waals surface area contributed by atoms with E-state index in [0.29, 0.717) is 19.5 Å². The van der Waals surface area contributed by atoms with Gasteiger partial charge in [-0.25, -0.2) is 4.39 Å². The second-order valence-corrected chi connectivity index (χ2v) is 6.57. The summed E-state index contributed by atoms with van der Waals surface area (Å²) in [6, 6.07) is 6.33. The van der Waals surface area contributed by atoms with E-state index in [2.05, 4.69) is 5.32 Å². The van der Waals surface area contributed by atoms with E-state index in [1.54, 1.807) is 12.1 Å². The topological polar surface area (TPSA) is 49.4 Å². The van der Waals surface area contributed by atoms with Crippen LogP contribution in [0.5, 0.6) is 0 Å². The molecule has 0 spiro atoms. The normalized spacial score (nSPS) is 21.1. The molecule has 1 heterocycles. The molecule has 1 aromatic carbocycles. The minimum Gasteiger partial charge on any atom is -0.355 e. The molecule has 1 aromatic rings. The Kier molecular flexibility index (Phi) is 4.94. The molecule has 0 bridgehead atoms. The fraction of sp³-hybridized carbons (Fsp3) is 0.556. The zero-order valence-corrected chi connectivity index (χ0v) is 13.3. The summed E-state index contributed by atoms with van der Waals surface area (Å²) in [5.41, 5.74) is 1.00. The Hall–Kier alpha value is -1.91. The minimum absolute atomic E-state index is 0.0282. The van der Waals surface area contributed by atoms with E-state index in [0.717, 1.165) is 37.8 Å². The van der Waals surface area contributed by atoms with Crippen LogP contribution in [0.4, 0.5) is 4.39 Å². The molecule has 5 heteroatoms. The largest absolute Gasteiger partial charge is 0.355 e. The number of nitrogens with zero attached hydrogens (tertiary/aromatic N) is 1. The summed E-state index contributed by atoms with van der Waals surface area (Å²) in [7, 11) is 0. The molecule has 3 rings (SSSR count). The fourth-order valence-electron chi connectivity index (χ4n) is 3.11. The summed E-state index contributed by atoms with van der Waals surface area (Å²) < 4.78 is 12.8. The van der Waals surface area contributed by atoms with E-state index in [-0.39, 0.29) is 29.5 Å². The van der Waals surface area contributed by atoms with Gasteiger partial charge in [-0.3, -0.25) is 9.59 Å². The van der Waals surface area contributed by atoms with Crippen LogP contribution in [0.1, 0.15) is 31.2 Å². The zero-order chi connectivity index (χ0) is 16.2. The third-order valence-electron chi connectivity index (χ3n) is 4.66. The van der Waals surface area contributed by atoms with Gasteiger partial charge in [0.25, 0.3) is 0 Å².